The summed E-state index contributed by atoms with van der Waals surface area (Å²) in [4.78, 5) is 0. The van der Waals surface area contributed by atoms with Gasteiger partial charge in [-0.3, -0.25) is 0 Å². The Morgan fingerprint density at radius 2 is 2.21 bits per heavy atom. The molecule has 0 unspecified atom stereocenters. The van der Waals surface area contributed by atoms with Gasteiger partial charge in [0.15, 0.2) is 5.82 Å². The fraction of sp³-hybridized carbons (Fsp3) is 0.231. The highest BCUT2D eigenvalue weighted by molar-refractivity contribution is 6.31. The van der Waals surface area contributed by atoms with Crippen LogP contribution in [0.1, 0.15) is 11.4 Å². The number of rotatable bonds is 3. The van der Waals surface area contributed by atoms with Crippen molar-refractivity contribution < 1.29 is 0 Å². The highest BCUT2D eigenvalue weighted by Gasteiger charge is 2.10. The molecule has 0 spiro atoms. The summed E-state index contributed by atoms with van der Waals surface area (Å²) in [5.41, 5.74) is 7.96. The highest BCUT2D eigenvalue weighted by Crippen LogP contribution is 2.25. The minimum Gasteiger partial charge on any atom is -0.339 e. The van der Waals surface area contributed by atoms with Crippen molar-refractivity contribution >= 4 is 22.5 Å². The first-order valence-electron chi connectivity index (χ1n) is 5.99. The highest BCUT2D eigenvalue weighted by atomic mass is 35.5. The van der Waals surface area contributed by atoms with E-state index in [4.69, 9.17) is 17.3 Å². The third-order valence-electron chi connectivity index (χ3n) is 3.26. The smallest absolute Gasteiger partial charge is 0.152 e. The lowest BCUT2D eigenvalue weighted by atomic mass is 10.2. The Morgan fingerprint density at radius 3 is 2.89 bits per heavy atom. The maximum atomic E-state index is 6.08. The van der Waals surface area contributed by atoms with Gasteiger partial charge in [0.05, 0.1) is 12.1 Å². The Morgan fingerprint density at radius 1 is 1.37 bits per heavy atom. The molecule has 0 saturated carbocycles. The second kappa shape index (κ2) is 4.68. The SMILES string of the molecule is Cn1cnnc1Cn1cc(CN)c2ccc(Cl)cc21. The molecule has 6 heteroatoms. The van der Waals surface area contributed by atoms with Crippen molar-refractivity contribution in [3.8, 4) is 0 Å². The molecule has 0 fully saturated rings. The van der Waals surface area contributed by atoms with Crippen LogP contribution in [0, 0.1) is 0 Å². The summed E-state index contributed by atoms with van der Waals surface area (Å²) in [6.07, 6.45) is 3.74. The molecule has 1 aromatic carbocycles. The summed E-state index contributed by atoms with van der Waals surface area (Å²) in [6.45, 7) is 1.15. The van der Waals surface area contributed by atoms with E-state index in [1.807, 2.05) is 29.8 Å². The zero-order chi connectivity index (χ0) is 13.4. The first-order chi connectivity index (χ1) is 9.19. The third-order valence-corrected chi connectivity index (χ3v) is 3.50. The van der Waals surface area contributed by atoms with Crippen LogP contribution in [0.4, 0.5) is 0 Å². The van der Waals surface area contributed by atoms with Crippen LogP contribution >= 0.6 is 11.6 Å². The topological polar surface area (TPSA) is 61.7 Å². The maximum absolute atomic E-state index is 6.08. The molecule has 98 valence electrons. The standard InChI is InChI=1S/C13H14ClN5/c1-18-8-16-17-13(18)7-19-6-9(5-15)11-3-2-10(14)4-12(11)19/h2-4,6,8H,5,7,15H2,1H3. The summed E-state index contributed by atoms with van der Waals surface area (Å²) in [7, 11) is 1.93. The predicted molar refractivity (Wildman–Crippen MR) is 74.9 cm³/mol. The monoisotopic (exact) mass is 275 g/mol. The summed E-state index contributed by atoms with van der Waals surface area (Å²) in [5.74, 6) is 0.889. The number of halogens is 1. The fourth-order valence-electron chi connectivity index (χ4n) is 2.24. The number of hydrogen-bond acceptors (Lipinski definition) is 3. The first-order valence-corrected chi connectivity index (χ1v) is 6.37. The third kappa shape index (κ3) is 2.11. The van der Waals surface area contributed by atoms with Crippen LogP contribution in [0.2, 0.25) is 5.02 Å². The molecule has 2 N–H and O–H groups in total. The summed E-state index contributed by atoms with van der Waals surface area (Å²) in [6, 6.07) is 5.84. The minimum absolute atomic E-state index is 0.504. The number of hydrogen-bond donors (Lipinski definition) is 1. The zero-order valence-electron chi connectivity index (χ0n) is 10.5. The van der Waals surface area contributed by atoms with Gasteiger partial charge in [-0.05, 0) is 17.7 Å². The largest absolute Gasteiger partial charge is 0.339 e. The van der Waals surface area contributed by atoms with Crippen molar-refractivity contribution in [3.63, 3.8) is 0 Å². The molecule has 2 heterocycles. The van der Waals surface area contributed by atoms with Crippen LogP contribution in [0.5, 0.6) is 0 Å². The molecule has 0 bridgehead atoms. The van der Waals surface area contributed by atoms with Crippen molar-refractivity contribution in [2.24, 2.45) is 12.8 Å². The van der Waals surface area contributed by atoms with Gasteiger partial charge in [-0.25, -0.2) is 0 Å². The Labute approximate surface area is 115 Å². The second-order valence-corrected chi connectivity index (χ2v) is 4.94. The van der Waals surface area contributed by atoms with E-state index in [2.05, 4.69) is 21.0 Å². The van der Waals surface area contributed by atoms with E-state index >= 15 is 0 Å². The van der Waals surface area contributed by atoms with Gasteiger partial charge in [0, 0.05) is 30.2 Å². The van der Waals surface area contributed by atoms with Gasteiger partial charge in [-0.2, -0.15) is 0 Å². The average molecular weight is 276 g/mol. The van der Waals surface area contributed by atoms with Gasteiger partial charge < -0.3 is 14.9 Å². The molecule has 0 aliphatic rings. The quantitative estimate of drug-likeness (QED) is 0.794. The van der Waals surface area contributed by atoms with Crippen LogP contribution < -0.4 is 5.73 Å². The first kappa shape index (κ1) is 12.2. The van der Waals surface area contributed by atoms with E-state index in [0.717, 1.165) is 22.3 Å². The van der Waals surface area contributed by atoms with Crippen molar-refractivity contribution in [2.45, 2.75) is 13.1 Å². The van der Waals surface area contributed by atoms with E-state index in [1.54, 1.807) is 6.33 Å². The Balaban J connectivity index is 2.12. The van der Waals surface area contributed by atoms with Gasteiger partial charge in [0.2, 0.25) is 0 Å². The van der Waals surface area contributed by atoms with Crippen LogP contribution in [0.25, 0.3) is 10.9 Å². The predicted octanol–water partition coefficient (Wildman–Crippen LogP) is 1.93. The van der Waals surface area contributed by atoms with Crippen LogP contribution in [-0.2, 0) is 20.1 Å². The lowest BCUT2D eigenvalue weighted by molar-refractivity contribution is 0.714. The molecule has 19 heavy (non-hydrogen) atoms. The normalized spacial score (nSPS) is 11.3. The maximum Gasteiger partial charge on any atom is 0.152 e. The molecule has 0 radical (unpaired) electrons. The van der Waals surface area contributed by atoms with Gasteiger partial charge in [0.25, 0.3) is 0 Å². The zero-order valence-corrected chi connectivity index (χ0v) is 11.3. The Bertz CT molecular complexity index is 728. The van der Waals surface area contributed by atoms with Crippen LogP contribution in [0.15, 0.2) is 30.7 Å². The number of aryl methyl sites for hydroxylation is 1. The Hall–Kier alpha value is -1.85. The van der Waals surface area contributed by atoms with Gasteiger partial charge in [-0.15, -0.1) is 10.2 Å². The molecule has 3 aromatic rings. The molecule has 5 nitrogen and oxygen atoms in total. The number of nitrogens with zero attached hydrogens (tertiary/aromatic N) is 4. The number of aromatic nitrogens is 4. The molecule has 3 rings (SSSR count). The van der Waals surface area contributed by atoms with Gasteiger partial charge >= 0.3 is 0 Å². The number of nitrogens with two attached hydrogens (primary N) is 1. The molecule has 0 aliphatic carbocycles. The second-order valence-electron chi connectivity index (χ2n) is 4.51. The van der Waals surface area contributed by atoms with E-state index < -0.39 is 0 Å². The van der Waals surface area contributed by atoms with Crippen molar-refractivity contribution in [2.75, 3.05) is 0 Å². The molecule has 0 amide bonds. The van der Waals surface area contributed by atoms with E-state index in [-0.39, 0.29) is 0 Å². The van der Waals surface area contributed by atoms with E-state index in [0.29, 0.717) is 18.1 Å². The number of fused-ring (bicyclic) bond motifs is 1. The molecule has 0 saturated heterocycles. The van der Waals surface area contributed by atoms with Crippen LogP contribution in [0.3, 0.4) is 0 Å². The lowest BCUT2D eigenvalue weighted by Crippen LogP contribution is -2.04. The fourth-order valence-corrected chi connectivity index (χ4v) is 2.40. The minimum atomic E-state index is 0.504. The molecular formula is C13H14ClN5. The molecule has 0 atom stereocenters. The molecule has 2 aromatic heterocycles. The van der Waals surface area contributed by atoms with Crippen LogP contribution in [-0.4, -0.2) is 19.3 Å². The summed E-state index contributed by atoms with van der Waals surface area (Å²) >= 11 is 6.08. The molecular weight excluding hydrogens is 262 g/mol. The van der Waals surface area contributed by atoms with Gasteiger partial charge in [-0.1, -0.05) is 17.7 Å². The average Bonchev–Trinajstić information content (AvgIpc) is 2.95. The van der Waals surface area contributed by atoms with E-state index in [9.17, 15) is 0 Å². The van der Waals surface area contributed by atoms with E-state index in [1.165, 1.54) is 0 Å². The lowest BCUT2D eigenvalue weighted by Gasteiger charge is -2.04. The number of benzene rings is 1. The Kier molecular flexibility index (Phi) is 3.00. The van der Waals surface area contributed by atoms with Crippen molar-refractivity contribution in [3.05, 3.63) is 47.1 Å². The summed E-state index contributed by atoms with van der Waals surface area (Å²) < 4.78 is 4.01. The molecule has 0 aliphatic heterocycles. The summed E-state index contributed by atoms with van der Waals surface area (Å²) in [5, 5.41) is 9.84. The van der Waals surface area contributed by atoms with Crippen molar-refractivity contribution in [1.29, 1.82) is 0 Å². The van der Waals surface area contributed by atoms with Gasteiger partial charge in [0.1, 0.15) is 6.33 Å². The van der Waals surface area contributed by atoms with Crippen molar-refractivity contribution in [1.82, 2.24) is 19.3 Å².